The molecule has 2 aliphatic rings. The van der Waals surface area contributed by atoms with Crippen LogP contribution in [0.5, 0.6) is 0 Å². The Balaban J connectivity index is 0.000000240. The van der Waals surface area contributed by atoms with E-state index in [1.165, 1.54) is 32.9 Å². The number of aromatic nitrogens is 4. The average Bonchev–Trinajstić information content (AvgIpc) is 4.01. The minimum absolute atomic E-state index is 0. The molecule has 4 aromatic carbocycles. The molecule has 0 aliphatic carbocycles. The second kappa shape index (κ2) is 24.0. The third-order valence-electron chi connectivity index (χ3n) is 11.8. The van der Waals surface area contributed by atoms with E-state index in [4.69, 9.17) is 11.5 Å². The van der Waals surface area contributed by atoms with E-state index in [9.17, 15) is 19.2 Å². The Bertz CT molecular complexity index is 2330. The number of carbonyl (C=O) groups excluding carboxylic acids is 4. The number of nitrogens with two attached hydrogens (primary N) is 2. The molecule has 0 unspecified atom stereocenters. The Morgan fingerprint density at radius 3 is 1.27 bits per heavy atom. The lowest BCUT2D eigenvalue weighted by atomic mass is 10.0. The van der Waals surface area contributed by atoms with Crippen LogP contribution in [0, 0.1) is 0 Å². The highest BCUT2D eigenvalue weighted by atomic mass is 35.5. The van der Waals surface area contributed by atoms with Crippen LogP contribution in [0.15, 0.2) is 134 Å². The molecule has 8 rings (SSSR count). The van der Waals surface area contributed by atoms with Gasteiger partial charge in [0.25, 0.3) is 0 Å². The molecule has 2 fully saturated rings. The number of amides is 6. The maximum atomic E-state index is 13.0. The summed E-state index contributed by atoms with van der Waals surface area (Å²) in [6, 6.07) is 34.3. The summed E-state index contributed by atoms with van der Waals surface area (Å²) in [6.45, 7) is 5.75. The molecular weight excluding hydrogens is 880 g/mol. The molecule has 4 heterocycles. The van der Waals surface area contributed by atoms with E-state index >= 15 is 0 Å². The Kier molecular flexibility index (Phi) is 18.3. The Hall–Kier alpha value is -6.72. The molecule has 348 valence electrons. The molecule has 0 bridgehead atoms. The van der Waals surface area contributed by atoms with E-state index in [-0.39, 0.29) is 49.0 Å². The van der Waals surface area contributed by atoms with E-state index in [0.29, 0.717) is 22.8 Å². The summed E-state index contributed by atoms with van der Waals surface area (Å²) >= 11 is 0. The SMILES string of the molecule is CN(C(=O)n1cnc(-c2cccc(NC(N)=O)c2)c1)C1CCN(Cc2ccccc2)CC1.CN(C(=O)n1cnc(-c2cccc(NC(N)=O)c2)c1)C1CCN(Cc2ccccc2)CC1.Cl.Cl. The second-order valence-electron chi connectivity index (χ2n) is 16.2. The van der Waals surface area contributed by atoms with Gasteiger partial charge in [-0.2, -0.15) is 0 Å². The normalized spacial score (nSPS) is 14.3. The number of nitrogens with one attached hydrogen (secondary N) is 2. The summed E-state index contributed by atoms with van der Waals surface area (Å²) in [6.07, 6.45) is 10.3. The number of carbonyl (C=O) groups is 4. The third-order valence-corrected chi connectivity index (χ3v) is 11.8. The number of rotatable bonds is 10. The molecule has 0 saturated carbocycles. The van der Waals surface area contributed by atoms with Crippen LogP contribution in [-0.2, 0) is 13.1 Å². The van der Waals surface area contributed by atoms with Crippen molar-refractivity contribution in [3.8, 4) is 22.5 Å². The van der Waals surface area contributed by atoms with Crippen molar-refractivity contribution in [3.63, 3.8) is 0 Å². The lowest BCUT2D eigenvalue weighted by Gasteiger charge is -2.36. The largest absolute Gasteiger partial charge is 0.351 e. The highest BCUT2D eigenvalue weighted by Crippen LogP contribution is 2.25. The summed E-state index contributed by atoms with van der Waals surface area (Å²) in [7, 11) is 3.72. The molecular formula is C48H58Cl2N12O4. The minimum atomic E-state index is -0.626. The van der Waals surface area contributed by atoms with Crippen LogP contribution in [-0.4, -0.2) is 115 Å². The van der Waals surface area contributed by atoms with Crippen molar-refractivity contribution in [1.82, 2.24) is 38.7 Å². The van der Waals surface area contributed by atoms with Gasteiger partial charge in [0.05, 0.1) is 11.4 Å². The maximum absolute atomic E-state index is 13.0. The maximum Gasteiger partial charge on any atom is 0.329 e. The zero-order valence-corrected chi connectivity index (χ0v) is 38.7. The predicted molar refractivity (Wildman–Crippen MR) is 263 cm³/mol. The van der Waals surface area contributed by atoms with E-state index < -0.39 is 12.1 Å². The fourth-order valence-corrected chi connectivity index (χ4v) is 8.24. The van der Waals surface area contributed by atoms with Crippen LogP contribution >= 0.6 is 24.8 Å². The molecule has 6 amide bonds. The van der Waals surface area contributed by atoms with Gasteiger partial charge in [0.2, 0.25) is 0 Å². The number of halogens is 2. The zero-order chi connectivity index (χ0) is 45.0. The topological polar surface area (TPSA) is 193 Å². The monoisotopic (exact) mass is 936 g/mol. The lowest BCUT2D eigenvalue weighted by molar-refractivity contribution is 0.131. The van der Waals surface area contributed by atoms with Gasteiger partial charge in [0.15, 0.2) is 0 Å². The fourth-order valence-electron chi connectivity index (χ4n) is 8.24. The second-order valence-corrected chi connectivity index (χ2v) is 16.2. The van der Waals surface area contributed by atoms with E-state index in [1.54, 1.807) is 48.8 Å². The van der Waals surface area contributed by atoms with Crippen molar-refractivity contribution in [2.24, 2.45) is 11.5 Å². The molecule has 6 N–H and O–H groups in total. The van der Waals surface area contributed by atoms with Crippen molar-refractivity contribution in [3.05, 3.63) is 145 Å². The number of nitrogens with zero attached hydrogens (tertiary/aromatic N) is 8. The standard InChI is InChI=1S/2C24H28N6O2.2ClH/c2*1-28(21-10-12-29(13-11-21)15-18-6-3-2-4-7-18)24(32)30-16-22(26-17-30)19-8-5-9-20(14-19)27-23(25)31;;/h2*2-9,14,16-17,21H,10-13,15H2,1H3,(H3,25,27,31);2*1H. The number of hydrogen-bond acceptors (Lipinski definition) is 8. The van der Waals surface area contributed by atoms with Crippen molar-refractivity contribution in [1.29, 1.82) is 0 Å². The molecule has 16 nitrogen and oxygen atoms in total. The van der Waals surface area contributed by atoms with Gasteiger partial charge in [-0.15, -0.1) is 24.8 Å². The van der Waals surface area contributed by atoms with Gasteiger partial charge in [0, 0.05) is 100 Å². The molecule has 0 atom stereocenters. The summed E-state index contributed by atoms with van der Waals surface area (Å²) in [4.78, 5) is 65.5. The van der Waals surface area contributed by atoms with E-state index in [2.05, 4.69) is 78.9 Å². The Labute approximate surface area is 397 Å². The van der Waals surface area contributed by atoms with Crippen LogP contribution in [0.1, 0.15) is 36.8 Å². The van der Waals surface area contributed by atoms with E-state index in [0.717, 1.165) is 76.1 Å². The first-order valence-corrected chi connectivity index (χ1v) is 21.5. The molecule has 2 aliphatic heterocycles. The van der Waals surface area contributed by atoms with Crippen molar-refractivity contribution < 1.29 is 19.2 Å². The van der Waals surface area contributed by atoms with E-state index in [1.807, 2.05) is 48.2 Å². The number of anilines is 2. The molecule has 0 radical (unpaired) electrons. The van der Waals surface area contributed by atoms with Gasteiger partial charge < -0.3 is 31.9 Å². The molecule has 18 heteroatoms. The first-order valence-electron chi connectivity index (χ1n) is 21.5. The minimum Gasteiger partial charge on any atom is -0.351 e. The highest BCUT2D eigenvalue weighted by Gasteiger charge is 2.28. The Morgan fingerprint density at radius 1 is 0.561 bits per heavy atom. The number of benzene rings is 4. The predicted octanol–water partition coefficient (Wildman–Crippen LogP) is 8.05. The molecule has 0 spiro atoms. The average molecular weight is 938 g/mol. The van der Waals surface area contributed by atoms with Crippen LogP contribution in [0.3, 0.4) is 0 Å². The summed E-state index contributed by atoms with van der Waals surface area (Å²) in [5.74, 6) is 0. The van der Waals surface area contributed by atoms with Crippen molar-refractivity contribution in [2.45, 2.75) is 50.9 Å². The van der Waals surface area contributed by atoms with Gasteiger partial charge in [-0.1, -0.05) is 84.9 Å². The number of primary amides is 2. The van der Waals surface area contributed by atoms with Gasteiger partial charge in [0.1, 0.15) is 12.7 Å². The first kappa shape index (κ1) is 50.3. The van der Waals surface area contributed by atoms with Crippen molar-refractivity contribution >= 4 is 60.3 Å². The highest BCUT2D eigenvalue weighted by molar-refractivity contribution is 5.89. The first-order chi connectivity index (χ1) is 31.0. The summed E-state index contributed by atoms with van der Waals surface area (Å²) in [5.41, 5.74) is 17.0. The van der Waals surface area contributed by atoms with Gasteiger partial charge >= 0.3 is 24.1 Å². The molecule has 66 heavy (non-hydrogen) atoms. The van der Waals surface area contributed by atoms with Crippen LogP contribution in [0.4, 0.5) is 30.6 Å². The van der Waals surface area contributed by atoms with Crippen LogP contribution in [0.25, 0.3) is 22.5 Å². The molecule has 6 aromatic rings. The number of likely N-dealkylation sites (tertiary alicyclic amines) is 2. The lowest BCUT2D eigenvalue weighted by Crippen LogP contribution is -2.46. The summed E-state index contributed by atoms with van der Waals surface area (Å²) < 4.78 is 3.03. The fraction of sp³-hybridized carbons (Fsp3) is 0.292. The van der Waals surface area contributed by atoms with Gasteiger partial charge in [-0.05, 0) is 61.1 Å². The number of piperidine rings is 2. The smallest absolute Gasteiger partial charge is 0.329 e. The number of imidazole rings is 2. The number of urea groups is 2. The zero-order valence-electron chi connectivity index (χ0n) is 37.1. The molecule has 2 saturated heterocycles. The summed E-state index contributed by atoms with van der Waals surface area (Å²) in [5, 5.41) is 5.10. The third kappa shape index (κ3) is 13.7. The Morgan fingerprint density at radius 2 is 0.924 bits per heavy atom. The quantitative estimate of drug-likeness (QED) is 0.106. The van der Waals surface area contributed by atoms with Crippen molar-refractivity contribution in [2.75, 3.05) is 50.9 Å². The molecule has 2 aromatic heterocycles. The number of hydrogen-bond donors (Lipinski definition) is 4. The van der Waals surface area contributed by atoms with Gasteiger partial charge in [-0.25, -0.2) is 29.1 Å². The van der Waals surface area contributed by atoms with Crippen LogP contribution < -0.4 is 22.1 Å². The van der Waals surface area contributed by atoms with Crippen LogP contribution in [0.2, 0.25) is 0 Å². The van der Waals surface area contributed by atoms with Gasteiger partial charge in [-0.3, -0.25) is 18.9 Å².